The van der Waals surface area contributed by atoms with Crippen LogP contribution >= 0.6 is 0 Å². The molecule has 0 spiro atoms. The zero-order chi connectivity index (χ0) is 23.4. The number of hydrogen-bond donors (Lipinski definition) is 0. The van der Waals surface area contributed by atoms with Crippen molar-refractivity contribution in [3.05, 3.63) is 71.3 Å². The minimum atomic E-state index is -0.525. The Morgan fingerprint density at radius 2 is 1.24 bits per heavy atom. The van der Waals surface area contributed by atoms with Crippen LogP contribution in [0.1, 0.15) is 30.9 Å². The molecule has 4 atom stereocenters. The van der Waals surface area contributed by atoms with Crippen LogP contribution in [0.15, 0.2) is 60.2 Å². The van der Waals surface area contributed by atoms with Crippen molar-refractivity contribution in [3.8, 4) is 0 Å². The van der Waals surface area contributed by atoms with Gasteiger partial charge >= 0.3 is 0 Å². The minimum Gasteiger partial charge on any atom is -0.274 e. The molecule has 2 heterocycles. The van der Waals surface area contributed by atoms with Gasteiger partial charge in [-0.3, -0.25) is 24.1 Å². The van der Waals surface area contributed by atoms with Crippen molar-refractivity contribution in [3.63, 3.8) is 0 Å². The van der Waals surface area contributed by atoms with Gasteiger partial charge < -0.3 is 0 Å². The molecule has 6 nitrogen and oxygen atoms in total. The summed E-state index contributed by atoms with van der Waals surface area (Å²) in [6, 6.07) is 14.7. The van der Waals surface area contributed by atoms with Crippen molar-refractivity contribution < 1.29 is 19.2 Å². The molecule has 2 saturated heterocycles. The molecule has 0 N–H and O–H groups in total. The summed E-state index contributed by atoms with van der Waals surface area (Å²) in [5, 5.41) is 0. The Labute approximate surface area is 192 Å². The smallest absolute Gasteiger partial charge is 0.241 e. The Hall–Kier alpha value is -3.54. The number of aryl methyl sites for hydroxylation is 2. The molecule has 0 unspecified atom stereocenters. The quantitative estimate of drug-likeness (QED) is 0.533. The third kappa shape index (κ3) is 3.24. The van der Waals surface area contributed by atoms with Crippen LogP contribution in [0.3, 0.4) is 0 Å². The van der Waals surface area contributed by atoms with Crippen LogP contribution < -0.4 is 9.80 Å². The first-order valence-corrected chi connectivity index (χ1v) is 11.3. The predicted molar refractivity (Wildman–Crippen MR) is 124 cm³/mol. The fraction of sp³-hybridized carbons (Fsp3) is 0.333. The number of imide groups is 2. The summed E-state index contributed by atoms with van der Waals surface area (Å²) in [6.45, 7) is 5.62. The third-order valence-corrected chi connectivity index (χ3v) is 7.33. The number of fused-ring (bicyclic) bond motifs is 1. The second-order valence-electron chi connectivity index (χ2n) is 9.36. The molecule has 2 aliphatic heterocycles. The molecule has 3 aliphatic rings. The van der Waals surface area contributed by atoms with Gasteiger partial charge in [0.05, 0.1) is 29.1 Å². The van der Waals surface area contributed by atoms with Gasteiger partial charge in [0.2, 0.25) is 23.6 Å². The van der Waals surface area contributed by atoms with Crippen molar-refractivity contribution >= 4 is 35.0 Å². The SMILES string of the molecule is CC1=C[C@@H]([C@@H]2CC(=O)N(c3ccccc3C)C2=O)C[C@H]2C(=O)N(c3ccccc3C)C(=O)[C@H]12. The van der Waals surface area contributed by atoms with Gasteiger partial charge in [0.15, 0.2) is 0 Å². The molecule has 4 amide bonds. The fourth-order valence-corrected chi connectivity index (χ4v) is 5.67. The highest BCUT2D eigenvalue weighted by Gasteiger charge is 2.54. The zero-order valence-electron chi connectivity index (χ0n) is 18.9. The molecule has 2 aromatic rings. The Balaban J connectivity index is 1.44. The van der Waals surface area contributed by atoms with Crippen LogP contribution in [-0.4, -0.2) is 23.6 Å². The third-order valence-electron chi connectivity index (χ3n) is 7.33. The lowest BCUT2D eigenvalue weighted by molar-refractivity contribution is -0.125. The molecule has 1 aliphatic carbocycles. The van der Waals surface area contributed by atoms with Gasteiger partial charge in [0.25, 0.3) is 0 Å². The first-order chi connectivity index (χ1) is 15.8. The standard InChI is InChI=1S/C27H26N2O4/c1-15-8-4-6-10-21(15)28-23(30)14-19(25(28)31)18-12-17(3)24-20(13-18)26(32)29(27(24)33)22-11-7-5-9-16(22)2/h4-12,18-20,24H,13-14H2,1-3H3/t18-,19+,20-,24-/m1/s1. The van der Waals surface area contributed by atoms with Crippen LogP contribution in [-0.2, 0) is 19.2 Å². The Kier molecular flexibility index (Phi) is 5.04. The highest BCUT2D eigenvalue weighted by atomic mass is 16.2. The number of allylic oxidation sites excluding steroid dienone is 1. The summed E-state index contributed by atoms with van der Waals surface area (Å²) in [5.74, 6) is -2.67. The van der Waals surface area contributed by atoms with E-state index < -0.39 is 17.8 Å². The number of carbonyl (C=O) groups excluding carboxylic acids is 4. The lowest BCUT2D eigenvalue weighted by atomic mass is 9.71. The summed E-state index contributed by atoms with van der Waals surface area (Å²) >= 11 is 0. The zero-order valence-corrected chi connectivity index (χ0v) is 18.9. The Morgan fingerprint density at radius 1 is 0.697 bits per heavy atom. The summed E-state index contributed by atoms with van der Waals surface area (Å²) in [6.07, 6.45) is 2.45. The Morgan fingerprint density at radius 3 is 1.85 bits per heavy atom. The molecule has 6 heteroatoms. The maximum absolute atomic E-state index is 13.4. The second kappa shape index (κ2) is 7.80. The minimum absolute atomic E-state index is 0.114. The number of amides is 4. The first kappa shape index (κ1) is 21.3. The van der Waals surface area contributed by atoms with E-state index >= 15 is 0 Å². The van der Waals surface area contributed by atoms with Gasteiger partial charge in [-0.05, 0) is 56.4 Å². The summed E-state index contributed by atoms with van der Waals surface area (Å²) in [7, 11) is 0. The van der Waals surface area contributed by atoms with Crippen LogP contribution in [0.25, 0.3) is 0 Å². The van der Waals surface area contributed by atoms with Crippen LogP contribution in [0, 0.1) is 37.5 Å². The average Bonchev–Trinajstić information content (AvgIpc) is 3.22. The summed E-state index contributed by atoms with van der Waals surface area (Å²) < 4.78 is 0. The molecule has 0 radical (unpaired) electrons. The number of anilines is 2. The van der Waals surface area contributed by atoms with E-state index in [0.29, 0.717) is 17.8 Å². The lowest BCUT2D eigenvalue weighted by Crippen LogP contribution is -2.35. The number of benzene rings is 2. The second-order valence-corrected chi connectivity index (χ2v) is 9.36. The molecule has 2 aromatic carbocycles. The number of nitrogens with zero attached hydrogens (tertiary/aromatic N) is 2. The highest BCUT2D eigenvalue weighted by molar-refractivity contribution is 6.24. The molecule has 33 heavy (non-hydrogen) atoms. The molecule has 2 fully saturated rings. The molecular weight excluding hydrogens is 416 g/mol. The topological polar surface area (TPSA) is 74.8 Å². The van der Waals surface area contributed by atoms with E-state index in [9.17, 15) is 19.2 Å². The maximum Gasteiger partial charge on any atom is 0.241 e. The maximum atomic E-state index is 13.4. The molecular formula is C27H26N2O4. The van der Waals surface area contributed by atoms with Crippen LogP contribution in [0.5, 0.6) is 0 Å². The van der Waals surface area contributed by atoms with Crippen LogP contribution in [0.4, 0.5) is 11.4 Å². The fourth-order valence-electron chi connectivity index (χ4n) is 5.67. The van der Waals surface area contributed by atoms with E-state index in [4.69, 9.17) is 0 Å². The number of para-hydroxylation sites is 2. The lowest BCUT2D eigenvalue weighted by Gasteiger charge is -2.30. The highest BCUT2D eigenvalue weighted by Crippen LogP contribution is 2.46. The number of rotatable bonds is 3. The van der Waals surface area contributed by atoms with Gasteiger partial charge in [0.1, 0.15) is 0 Å². The van der Waals surface area contributed by atoms with Gasteiger partial charge in [-0.2, -0.15) is 0 Å². The van der Waals surface area contributed by atoms with Crippen molar-refractivity contribution in [2.75, 3.05) is 9.80 Å². The van der Waals surface area contributed by atoms with Crippen molar-refractivity contribution in [1.29, 1.82) is 0 Å². The largest absolute Gasteiger partial charge is 0.274 e. The van der Waals surface area contributed by atoms with Crippen molar-refractivity contribution in [2.45, 2.75) is 33.6 Å². The summed E-state index contributed by atoms with van der Waals surface area (Å²) in [4.78, 5) is 55.5. The average molecular weight is 443 g/mol. The predicted octanol–water partition coefficient (Wildman–Crippen LogP) is 3.95. The number of carbonyl (C=O) groups is 4. The number of hydrogen-bond acceptors (Lipinski definition) is 4. The van der Waals surface area contributed by atoms with E-state index in [0.717, 1.165) is 16.7 Å². The monoisotopic (exact) mass is 442 g/mol. The molecule has 0 aromatic heterocycles. The van der Waals surface area contributed by atoms with Crippen molar-refractivity contribution in [2.24, 2.45) is 23.7 Å². The van der Waals surface area contributed by atoms with E-state index in [1.165, 1.54) is 9.80 Å². The molecule has 0 bridgehead atoms. The molecule has 5 rings (SSSR count). The molecule has 0 saturated carbocycles. The van der Waals surface area contributed by atoms with E-state index in [2.05, 4.69) is 0 Å². The van der Waals surface area contributed by atoms with E-state index in [1.54, 1.807) is 12.1 Å². The normalized spacial score (nSPS) is 27.3. The van der Waals surface area contributed by atoms with Gasteiger partial charge in [-0.15, -0.1) is 0 Å². The van der Waals surface area contributed by atoms with E-state index in [1.807, 2.05) is 63.2 Å². The van der Waals surface area contributed by atoms with Crippen molar-refractivity contribution in [1.82, 2.24) is 0 Å². The first-order valence-electron chi connectivity index (χ1n) is 11.3. The van der Waals surface area contributed by atoms with E-state index in [-0.39, 0.29) is 36.0 Å². The Bertz CT molecular complexity index is 1230. The van der Waals surface area contributed by atoms with Crippen LogP contribution in [0.2, 0.25) is 0 Å². The summed E-state index contributed by atoms with van der Waals surface area (Å²) in [5.41, 5.74) is 3.76. The van der Waals surface area contributed by atoms with Gasteiger partial charge in [0, 0.05) is 6.42 Å². The van der Waals surface area contributed by atoms with Gasteiger partial charge in [-0.25, -0.2) is 4.90 Å². The van der Waals surface area contributed by atoms with Gasteiger partial charge in [-0.1, -0.05) is 48.0 Å². The molecule has 168 valence electrons.